The molecular formula is C23H23ClF3N5O3. The summed E-state index contributed by atoms with van der Waals surface area (Å²) < 4.78 is 44.1. The van der Waals surface area contributed by atoms with Gasteiger partial charge >= 0.3 is 6.36 Å². The van der Waals surface area contributed by atoms with E-state index >= 15 is 0 Å². The van der Waals surface area contributed by atoms with Crippen LogP contribution in [0.15, 0.2) is 61.2 Å². The number of rotatable bonds is 7. The van der Waals surface area contributed by atoms with Gasteiger partial charge in [0.05, 0.1) is 17.0 Å². The Morgan fingerprint density at radius 3 is 2.74 bits per heavy atom. The zero-order valence-electron chi connectivity index (χ0n) is 18.5. The van der Waals surface area contributed by atoms with Crippen LogP contribution in [0.5, 0.6) is 5.75 Å². The first-order chi connectivity index (χ1) is 16.7. The Labute approximate surface area is 204 Å². The van der Waals surface area contributed by atoms with E-state index in [4.69, 9.17) is 11.6 Å². The third-order valence-corrected chi connectivity index (χ3v) is 5.88. The maximum atomic E-state index is 12.8. The van der Waals surface area contributed by atoms with Gasteiger partial charge in [-0.25, -0.2) is 4.98 Å². The van der Waals surface area contributed by atoms with Crippen LogP contribution in [0.25, 0.3) is 11.1 Å². The van der Waals surface area contributed by atoms with Crippen LogP contribution in [-0.2, 0) is 11.3 Å². The number of carbonyl (C=O) groups is 1. The third kappa shape index (κ3) is 6.24. The lowest BCUT2D eigenvalue weighted by Gasteiger charge is -2.39. The molecule has 1 amide bonds. The first kappa shape index (κ1) is 24.8. The molecule has 35 heavy (non-hydrogen) atoms. The summed E-state index contributed by atoms with van der Waals surface area (Å²) in [4.78, 5) is 18.3. The predicted molar refractivity (Wildman–Crippen MR) is 122 cm³/mol. The van der Waals surface area contributed by atoms with Crippen LogP contribution in [0, 0.1) is 0 Å². The monoisotopic (exact) mass is 509 g/mol. The number of anilines is 1. The lowest BCUT2D eigenvalue weighted by Crippen LogP contribution is -2.54. The van der Waals surface area contributed by atoms with E-state index in [0.717, 1.165) is 18.0 Å². The number of halogens is 4. The summed E-state index contributed by atoms with van der Waals surface area (Å²) in [5.41, 5.74) is 3.70. The van der Waals surface area contributed by atoms with E-state index in [1.165, 1.54) is 30.3 Å². The topological polar surface area (TPSA) is 82.9 Å². The number of amides is 1. The number of nitrogens with zero attached hydrogens (tertiary/aromatic N) is 4. The van der Waals surface area contributed by atoms with Gasteiger partial charge < -0.3 is 14.2 Å². The third-order valence-electron chi connectivity index (χ3n) is 5.57. The molecule has 4 rings (SSSR count). The Morgan fingerprint density at radius 1 is 1.23 bits per heavy atom. The summed E-state index contributed by atoms with van der Waals surface area (Å²) >= 11 is 6.38. The summed E-state index contributed by atoms with van der Waals surface area (Å²) in [5, 5.41) is 11.8. The quantitative estimate of drug-likeness (QED) is 0.428. The average molecular weight is 510 g/mol. The van der Waals surface area contributed by atoms with E-state index in [0.29, 0.717) is 24.2 Å². The minimum Gasteiger partial charge on any atom is -0.405 e. The molecule has 8 nitrogen and oxygen atoms in total. The number of carbonyl (C=O) groups excluding carboxylic acids is 1. The fourth-order valence-electron chi connectivity index (χ4n) is 4.00. The molecule has 1 aliphatic rings. The Morgan fingerprint density at radius 2 is 2.03 bits per heavy atom. The SMILES string of the molecule is O=C(Cn1ccnc1)N1CCCC[C@@H]1N(O)Nc1ccc(-c2ccccc2OC(F)(F)F)c(Cl)c1. The normalized spacial score (nSPS) is 16.4. The number of hydroxylamine groups is 1. The summed E-state index contributed by atoms with van der Waals surface area (Å²) in [6.45, 7) is 0.594. The molecule has 0 unspecified atom stereocenters. The average Bonchev–Trinajstić information content (AvgIpc) is 3.32. The summed E-state index contributed by atoms with van der Waals surface area (Å²) in [6.07, 6.45) is 1.56. The highest BCUT2D eigenvalue weighted by molar-refractivity contribution is 6.33. The molecule has 0 aliphatic carbocycles. The molecule has 0 spiro atoms. The van der Waals surface area contributed by atoms with Crippen LogP contribution in [0.2, 0.25) is 5.02 Å². The van der Waals surface area contributed by atoms with Crippen molar-refractivity contribution in [2.75, 3.05) is 12.0 Å². The number of piperidine rings is 1. The molecule has 1 atom stereocenters. The Bertz CT molecular complexity index is 1160. The standard InChI is InChI=1S/C23H23ClF3N5O3/c24-19-13-16(8-9-17(19)18-5-1-2-6-20(18)35-23(25,26)27)29-32(34)21-7-3-4-11-31(21)22(33)14-30-12-10-28-15-30/h1-2,5-6,8-10,12-13,15,21,29,34H,3-4,7,11,14H2/t21-/m0/s1. The maximum Gasteiger partial charge on any atom is 0.573 e. The number of hydrogen-bond acceptors (Lipinski definition) is 6. The molecule has 12 heteroatoms. The number of ether oxygens (including phenoxy) is 1. The van der Waals surface area contributed by atoms with Crippen molar-refractivity contribution in [1.29, 1.82) is 0 Å². The Kier molecular flexibility index (Phi) is 7.48. The van der Waals surface area contributed by atoms with Crippen LogP contribution in [0.3, 0.4) is 0 Å². The van der Waals surface area contributed by atoms with E-state index in [-0.39, 0.29) is 28.8 Å². The van der Waals surface area contributed by atoms with E-state index in [9.17, 15) is 23.2 Å². The number of imidazole rings is 1. The number of para-hydroxylation sites is 1. The van der Waals surface area contributed by atoms with Crippen LogP contribution >= 0.6 is 11.6 Å². The molecule has 2 heterocycles. The number of benzene rings is 2. The minimum atomic E-state index is -4.84. The first-order valence-corrected chi connectivity index (χ1v) is 11.2. The molecule has 1 saturated heterocycles. The van der Waals surface area contributed by atoms with E-state index in [1.54, 1.807) is 40.3 Å². The van der Waals surface area contributed by atoms with Crippen molar-refractivity contribution in [1.82, 2.24) is 19.6 Å². The lowest BCUT2D eigenvalue weighted by molar-refractivity contribution is -0.274. The Balaban J connectivity index is 1.49. The van der Waals surface area contributed by atoms with Gasteiger partial charge in [-0.1, -0.05) is 41.0 Å². The van der Waals surface area contributed by atoms with Crippen molar-refractivity contribution < 1.29 is 27.9 Å². The molecule has 2 N–H and O–H groups in total. The van der Waals surface area contributed by atoms with Crippen LogP contribution in [0.1, 0.15) is 19.3 Å². The minimum absolute atomic E-state index is 0.101. The number of likely N-dealkylation sites (tertiary alicyclic amines) is 1. The molecular weight excluding hydrogens is 487 g/mol. The van der Waals surface area contributed by atoms with Crippen molar-refractivity contribution in [2.24, 2.45) is 0 Å². The number of nitrogens with one attached hydrogen (secondary N) is 1. The largest absolute Gasteiger partial charge is 0.573 e. The van der Waals surface area contributed by atoms with Gasteiger partial charge in [0.1, 0.15) is 18.5 Å². The molecule has 0 radical (unpaired) electrons. The molecule has 3 aromatic rings. The fourth-order valence-corrected chi connectivity index (χ4v) is 4.28. The van der Waals surface area contributed by atoms with Gasteiger partial charge in [0.25, 0.3) is 0 Å². The second-order valence-corrected chi connectivity index (χ2v) is 8.40. The van der Waals surface area contributed by atoms with Gasteiger partial charge in [-0.15, -0.1) is 13.2 Å². The van der Waals surface area contributed by atoms with Gasteiger partial charge in [-0.3, -0.25) is 15.4 Å². The van der Waals surface area contributed by atoms with Crippen molar-refractivity contribution in [2.45, 2.75) is 38.3 Å². The fraction of sp³-hybridized carbons (Fsp3) is 0.304. The molecule has 0 saturated carbocycles. The van der Waals surface area contributed by atoms with Gasteiger partial charge in [-0.05, 0) is 37.5 Å². The van der Waals surface area contributed by atoms with E-state index in [2.05, 4.69) is 15.1 Å². The highest BCUT2D eigenvalue weighted by Gasteiger charge is 2.33. The van der Waals surface area contributed by atoms with Crippen LogP contribution in [0.4, 0.5) is 18.9 Å². The number of alkyl halides is 3. The Hall–Kier alpha value is -3.28. The maximum absolute atomic E-state index is 12.8. The smallest absolute Gasteiger partial charge is 0.405 e. The zero-order valence-corrected chi connectivity index (χ0v) is 19.2. The summed E-state index contributed by atoms with van der Waals surface area (Å²) in [6, 6.07) is 10.3. The molecule has 2 aromatic carbocycles. The van der Waals surface area contributed by atoms with Crippen LogP contribution in [-0.4, -0.2) is 49.8 Å². The number of aromatic nitrogens is 2. The number of hydrogen-bond donors (Lipinski definition) is 2. The molecule has 1 aliphatic heterocycles. The van der Waals surface area contributed by atoms with Crippen molar-refractivity contribution >= 4 is 23.2 Å². The highest BCUT2D eigenvalue weighted by atomic mass is 35.5. The van der Waals surface area contributed by atoms with Gasteiger partial charge in [0.15, 0.2) is 0 Å². The van der Waals surface area contributed by atoms with Gasteiger partial charge in [-0.2, -0.15) is 0 Å². The lowest BCUT2D eigenvalue weighted by atomic mass is 10.0. The van der Waals surface area contributed by atoms with Crippen LogP contribution < -0.4 is 10.2 Å². The van der Waals surface area contributed by atoms with E-state index < -0.39 is 12.5 Å². The second kappa shape index (κ2) is 10.5. The molecule has 1 aromatic heterocycles. The predicted octanol–water partition coefficient (Wildman–Crippen LogP) is 5.16. The van der Waals surface area contributed by atoms with E-state index in [1.807, 2.05) is 0 Å². The number of hydrazine groups is 1. The van der Waals surface area contributed by atoms with Gasteiger partial charge in [0, 0.05) is 30.1 Å². The highest BCUT2D eigenvalue weighted by Crippen LogP contribution is 2.38. The zero-order chi connectivity index (χ0) is 25.0. The first-order valence-electron chi connectivity index (χ1n) is 10.9. The molecule has 1 fully saturated rings. The molecule has 186 valence electrons. The second-order valence-electron chi connectivity index (χ2n) is 7.99. The van der Waals surface area contributed by atoms with Crippen molar-refractivity contribution in [3.05, 3.63) is 66.2 Å². The molecule has 0 bridgehead atoms. The summed E-state index contributed by atoms with van der Waals surface area (Å²) in [7, 11) is 0. The summed E-state index contributed by atoms with van der Waals surface area (Å²) in [5.74, 6) is -0.538. The van der Waals surface area contributed by atoms with Crippen molar-refractivity contribution in [3.8, 4) is 16.9 Å². The van der Waals surface area contributed by atoms with Crippen molar-refractivity contribution in [3.63, 3.8) is 0 Å². The van der Waals surface area contributed by atoms with Gasteiger partial charge in [0.2, 0.25) is 5.91 Å².